The zero-order valence-corrected chi connectivity index (χ0v) is 20.7. The summed E-state index contributed by atoms with van der Waals surface area (Å²) in [7, 11) is -3.49. The van der Waals surface area contributed by atoms with Gasteiger partial charge in [0.25, 0.3) is 5.91 Å². The van der Waals surface area contributed by atoms with Gasteiger partial charge < -0.3 is 9.64 Å². The van der Waals surface area contributed by atoms with Crippen LogP contribution in [0.4, 0.5) is 5.69 Å². The number of ether oxygens (including phenoxy) is 1. The Kier molecular flexibility index (Phi) is 6.42. The van der Waals surface area contributed by atoms with E-state index in [2.05, 4.69) is 4.98 Å². The molecule has 7 nitrogen and oxygen atoms in total. The van der Waals surface area contributed by atoms with Crippen molar-refractivity contribution in [2.24, 2.45) is 0 Å². The highest BCUT2D eigenvalue weighted by Crippen LogP contribution is 2.33. The standard InChI is InChI=1S/C25H27N3O4S2/c1-18-26-21(17-33-18)16-32-22-7-5-19(6-8-22)25(29)28-14-11-20-15-23(9-10-24(20)28)34(30,31)27-12-3-2-4-13-27/h5-10,15,17H,2-4,11-14,16H2,1H3. The minimum absolute atomic E-state index is 0.105. The first-order valence-electron chi connectivity index (χ1n) is 11.5. The largest absolute Gasteiger partial charge is 0.487 e. The van der Waals surface area contributed by atoms with E-state index in [0.29, 0.717) is 48.9 Å². The second kappa shape index (κ2) is 9.48. The number of fused-ring (bicyclic) bond motifs is 1. The van der Waals surface area contributed by atoms with Gasteiger partial charge in [-0.15, -0.1) is 11.3 Å². The first-order valence-corrected chi connectivity index (χ1v) is 13.8. The molecule has 2 aliphatic rings. The molecular formula is C25H27N3O4S2. The molecule has 3 heterocycles. The number of rotatable bonds is 6. The van der Waals surface area contributed by atoms with Crippen molar-refractivity contribution in [3.05, 3.63) is 69.7 Å². The quantitative estimate of drug-likeness (QED) is 0.504. The van der Waals surface area contributed by atoms with Crippen molar-refractivity contribution in [1.82, 2.24) is 9.29 Å². The van der Waals surface area contributed by atoms with Crippen LogP contribution >= 0.6 is 11.3 Å². The van der Waals surface area contributed by atoms with Crippen molar-refractivity contribution in [2.45, 2.75) is 44.1 Å². The van der Waals surface area contributed by atoms with E-state index in [4.69, 9.17) is 4.74 Å². The summed E-state index contributed by atoms with van der Waals surface area (Å²) in [4.78, 5) is 19.6. The average Bonchev–Trinajstić information content (AvgIpc) is 3.48. The van der Waals surface area contributed by atoms with Gasteiger partial charge in [-0.05, 0) is 74.2 Å². The first-order chi connectivity index (χ1) is 16.4. The number of thiazole rings is 1. The summed E-state index contributed by atoms with van der Waals surface area (Å²) >= 11 is 1.59. The number of aromatic nitrogens is 1. The smallest absolute Gasteiger partial charge is 0.258 e. The summed E-state index contributed by atoms with van der Waals surface area (Å²) in [6, 6.07) is 12.2. The number of nitrogens with zero attached hydrogens (tertiary/aromatic N) is 3. The Balaban J connectivity index is 1.28. The van der Waals surface area contributed by atoms with Gasteiger partial charge in [0.1, 0.15) is 12.4 Å². The lowest BCUT2D eigenvalue weighted by Gasteiger charge is -2.26. The predicted octanol–water partition coefficient (Wildman–Crippen LogP) is 4.41. The SMILES string of the molecule is Cc1nc(COc2ccc(C(=O)N3CCc4cc(S(=O)(=O)N5CCCCC5)ccc43)cc2)cs1. The molecule has 1 fully saturated rings. The molecular weight excluding hydrogens is 470 g/mol. The molecule has 0 saturated carbocycles. The number of benzene rings is 2. The lowest BCUT2D eigenvalue weighted by atomic mass is 10.1. The second-order valence-electron chi connectivity index (χ2n) is 8.63. The summed E-state index contributed by atoms with van der Waals surface area (Å²) in [6.07, 6.45) is 3.52. The van der Waals surface area contributed by atoms with Gasteiger partial charge in [0.05, 0.1) is 15.6 Å². The molecule has 0 bridgehead atoms. The van der Waals surface area contributed by atoms with Crippen LogP contribution in [0.3, 0.4) is 0 Å². The topological polar surface area (TPSA) is 79.8 Å². The van der Waals surface area contributed by atoms with Crippen molar-refractivity contribution >= 4 is 33.0 Å². The van der Waals surface area contributed by atoms with E-state index in [-0.39, 0.29) is 5.91 Å². The Bertz CT molecular complexity index is 1300. The van der Waals surface area contributed by atoms with Crippen LogP contribution < -0.4 is 9.64 Å². The molecule has 2 aliphatic heterocycles. The van der Waals surface area contributed by atoms with Crippen molar-refractivity contribution in [2.75, 3.05) is 24.5 Å². The Morgan fingerprint density at radius 1 is 1.06 bits per heavy atom. The van der Waals surface area contributed by atoms with Gasteiger partial charge in [-0.25, -0.2) is 13.4 Å². The van der Waals surface area contributed by atoms with Gasteiger partial charge in [-0.3, -0.25) is 4.79 Å². The molecule has 0 aliphatic carbocycles. The van der Waals surface area contributed by atoms with Gasteiger partial charge in [0.15, 0.2) is 0 Å². The fourth-order valence-corrected chi connectivity index (χ4v) is 6.65. The highest BCUT2D eigenvalue weighted by Gasteiger charge is 2.30. The molecule has 5 rings (SSSR count). The van der Waals surface area contributed by atoms with Crippen molar-refractivity contribution in [1.29, 1.82) is 0 Å². The molecule has 1 aromatic heterocycles. The van der Waals surface area contributed by atoms with Gasteiger partial charge >= 0.3 is 0 Å². The van der Waals surface area contributed by atoms with E-state index in [9.17, 15) is 13.2 Å². The minimum Gasteiger partial charge on any atom is -0.487 e. The van der Waals surface area contributed by atoms with Gasteiger partial charge in [-0.2, -0.15) is 4.31 Å². The van der Waals surface area contributed by atoms with Gasteiger partial charge in [0.2, 0.25) is 10.0 Å². The number of hydrogen-bond donors (Lipinski definition) is 0. The van der Waals surface area contributed by atoms with Crippen molar-refractivity contribution < 1.29 is 17.9 Å². The summed E-state index contributed by atoms with van der Waals surface area (Å²) in [5, 5.41) is 2.97. The summed E-state index contributed by atoms with van der Waals surface area (Å²) in [5.74, 6) is 0.573. The fraction of sp³-hybridized carbons (Fsp3) is 0.360. The summed E-state index contributed by atoms with van der Waals surface area (Å²) in [6.45, 7) is 4.03. The molecule has 34 heavy (non-hydrogen) atoms. The molecule has 3 aromatic rings. The maximum Gasteiger partial charge on any atom is 0.258 e. The number of carbonyl (C=O) groups is 1. The maximum absolute atomic E-state index is 13.2. The highest BCUT2D eigenvalue weighted by molar-refractivity contribution is 7.89. The molecule has 0 radical (unpaired) electrons. The van der Waals surface area contributed by atoms with Crippen LogP contribution in [0, 0.1) is 6.92 Å². The number of anilines is 1. The zero-order chi connectivity index (χ0) is 23.7. The summed E-state index contributed by atoms with van der Waals surface area (Å²) in [5.41, 5.74) is 3.12. The predicted molar refractivity (Wildman–Crippen MR) is 132 cm³/mol. The molecule has 2 aromatic carbocycles. The number of amides is 1. The monoisotopic (exact) mass is 497 g/mol. The second-order valence-corrected chi connectivity index (χ2v) is 11.6. The molecule has 0 spiro atoms. The molecule has 178 valence electrons. The van der Waals surface area contributed by atoms with E-state index in [1.165, 1.54) is 0 Å². The maximum atomic E-state index is 13.2. The van der Waals surface area contributed by atoms with E-state index < -0.39 is 10.0 Å². The number of piperidine rings is 1. The first kappa shape index (κ1) is 23.0. The number of aryl methyl sites for hydroxylation is 1. The number of hydrogen-bond acceptors (Lipinski definition) is 6. The Labute approximate surface area is 204 Å². The van der Waals surface area contributed by atoms with Crippen LogP contribution in [0.1, 0.15) is 45.9 Å². The van der Waals surface area contributed by atoms with E-state index in [1.807, 2.05) is 12.3 Å². The normalized spacial score (nSPS) is 16.4. The molecule has 0 N–H and O–H groups in total. The van der Waals surface area contributed by atoms with Crippen molar-refractivity contribution in [3.8, 4) is 5.75 Å². The third kappa shape index (κ3) is 4.60. The van der Waals surface area contributed by atoms with Crippen LogP contribution in [0.5, 0.6) is 5.75 Å². The Morgan fingerprint density at radius 3 is 2.53 bits per heavy atom. The van der Waals surface area contributed by atoms with Crippen LogP contribution in [0.2, 0.25) is 0 Å². The van der Waals surface area contributed by atoms with Crippen LogP contribution in [0.25, 0.3) is 0 Å². The fourth-order valence-electron chi connectivity index (χ4n) is 4.49. The minimum atomic E-state index is -3.49. The van der Waals surface area contributed by atoms with Gasteiger partial charge in [-0.1, -0.05) is 6.42 Å². The lowest BCUT2D eigenvalue weighted by molar-refractivity contribution is 0.0989. The third-order valence-electron chi connectivity index (χ3n) is 6.30. The molecule has 0 atom stereocenters. The number of carbonyl (C=O) groups excluding carboxylic acids is 1. The van der Waals surface area contributed by atoms with E-state index >= 15 is 0 Å². The Morgan fingerprint density at radius 2 is 1.82 bits per heavy atom. The Hall–Kier alpha value is -2.75. The zero-order valence-electron chi connectivity index (χ0n) is 19.1. The molecule has 0 unspecified atom stereocenters. The van der Waals surface area contributed by atoms with E-state index in [0.717, 1.165) is 41.2 Å². The summed E-state index contributed by atoms with van der Waals surface area (Å²) < 4.78 is 33.4. The van der Waals surface area contributed by atoms with Crippen LogP contribution in [0.15, 0.2) is 52.7 Å². The van der Waals surface area contributed by atoms with Crippen LogP contribution in [-0.4, -0.2) is 43.2 Å². The van der Waals surface area contributed by atoms with E-state index in [1.54, 1.807) is 63.0 Å². The number of sulfonamides is 1. The van der Waals surface area contributed by atoms with Crippen molar-refractivity contribution in [3.63, 3.8) is 0 Å². The lowest BCUT2D eigenvalue weighted by Crippen LogP contribution is -2.35. The molecule has 9 heteroatoms. The van der Waals surface area contributed by atoms with Crippen LogP contribution in [-0.2, 0) is 23.1 Å². The molecule has 1 saturated heterocycles. The average molecular weight is 498 g/mol. The highest BCUT2D eigenvalue weighted by atomic mass is 32.2. The third-order valence-corrected chi connectivity index (χ3v) is 9.02. The van der Waals surface area contributed by atoms with Gasteiger partial charge in [0, 0.05) is 36.3 Å². The molecule has 1 amide bonds.